The van der Waals surface area contributed by atoms with E-state index in [1.54, 1.807) is 17.5 Å². The van der Waals surface area contributed by atoms with Crippen molar-refractivity contribution in [1.82, 2.24) is 10.3 Å². The number of hydrogen-bond donors (Lipinski definition) is 1. The summed E-state index contributed by atoms with van der Waals surface area (Å²) in [4.78, 5) is 26.7. The Morgan fingerprint density at radius 1 is 1.12 bits per heavy atom. The molecule has 0 aliphatic carbocycles. The van der Waals surface area contributed by atoms with Crippen molar-refractivity contribution in [1.29, 1.82) is 0 Å². The second-order valence-electron chi connectivity index (χ2n) is 5.27. The summed E-state index contributed by atoms with van der Waals surface area (Å²) >= 11 is 1.24. The van der Waals surface area contributed by atoms with Gasteiger partial charge in [-0.3, -0.25) is 4.79 Å². The number of aliphatic carboxylic acids is 1. The first-order chi connectivity index (χ1) is 12.5. The molecule has 0 bridgehead atoms. The highest BCUT2D eigenvalue weighted by Crippen LogP contribution is 2.38. The van der Waals surface area contributed by atoms with E-state index in [0.717, 1.165) is 5.56 Å². The molecule has 2 rings (SSSR count). The lowest BCUT2D eigenvalue weighted by Crippen LogP contribution is -2.25. The predicted molar refractivity (Wildman–Crippen MR) is 92.5 cm³/mol. The zero-order chi connectivity index (χ0) is 19.1. The van der Waals surface area contributed by atoms with Crippen molar-refractivity contribution in [2.45, 2.75) is 19.4 Å². The van der Waals surface area contributed by atoms with Gasteiger partial charge in [-0.15, -0.1) is 11.3 Å². The minimum absolute atomic E-state index is 0.0716. The van der Waals surface area contributed by atoms with Crippen LogP contribution < -0.4 is 24.6 Å². The summed E-state index contributed by atoms with van der Waals surface area (Å²) in [6.07, 6.45) is -0.189. The molecule has 0 saturated heterocycles. The third kappa shape index (κ3) is 5.09. The van der Waals surface area contributed by atoms with Gasteiger partial charge in [0.2, 0.25) is 11.7 Å². The number of nitrogens with one attached hydrogen (secondary N) is 1. The van der Waals surface area contributed by atoms with Crippen molar-refractivity contribution in [2.75, 3.05) is 21.3 Å². The van der Waals surface area contributed by atoms with Crippen molar-refractivity contribution in [3.63, 3.8) is 0 Å². The molecule has 1 aromatic heterocycles. The maximum absolute atomic E-state index is 12.1. The van der Waals surface area contributed by atoms with Crippen molar-refractivity contribution in [3.05, 3.63) is 33.8 Å². The van der Waals surface area contributed by atoms with E-state index in [9.17, 15) is 14.7 Å². The Labute approximate surface area is 154 Å². The Balaban J connectivity index is 1.98. The van der Waals surface area contributed by atoms with E-state index in [2.05, 4.69) is 10.3 Å². The molecule has 0 aliphatic rings. The van der Waals surface area contributed by atoms with E-state index in [-0.39, 0.29) is 25.3 Å². The monoisotopic (exact) mass is 379 g/mol. The molecule has 1 amide bonds. The van der Waals surface area contributed by atoms with Crippen LogP contribution in [0.2, 0.25) is 0 Å². The number of aromatic nitrogens is 1. The van der Waals surface area contributed by atoms with Crippen LogP contribution in [-0.2, 0) is 29.0 Å². The summed E-state index contributed by atoms with van der Waals surface area (Å²) in [5.74, 6) is 0.0565. The quantitative estimate of drug-likeness (QED) is 0.668. The molecule has 1 aromatic carbocycles. The van der Waals surface area contributed by atoms with E-state index < -0.39 is 5.97 Å². The van der Waals surface area contributed by atoms with Crippen LogP contribution in [0.1, 0.15) is 16.3 Å². The topological polar surface area (TPSA) is 110 Å². The predicted octanol–water partition coefficient (Wildman–Crippen LogP) is 0.320. The number of ether oxygens (including phenoxy) is 3. The summed E-state index contributed by atoms with van der Waals surface area (Å²) in [6, 6.07) is 3.51. The van der Waals surface area contributed by atoms with Gasteiger partial charge in [-0.25, -0.2) is 4.98 Å². The van der Waals surface area contributed by atoms with Crippen LogP contribution in [-0.4, -0.2) is 38.2 Å². The summed E-state index contributed by atoms with van der Waals surface area (Å²) < 4.78 is 15.8. The average molecular weight is 379 g/mol. The maximum Gasteiger partial charge on any atom is 0.227 e. The lowest BCUT2D eigenvalue weighted by molar-refractivity contribution is -0.304. The fraction of sp³-hybridized carbons (Fsp3) is 0.353. The molecule has 140 valence electrons. The number of rotatable bonds is 9. The van der Waals surface area contributed by atoms with Gasteiger partial charge in [0, 0.05) is 24.3 Å². The molecule has 1 heterocycles. The van der Waals surface area contributed by atoms with E-state index in [1.807, 2.05) is 0 Å². The Morgan fingerprint density at radius 2 is 1.77 bits per heavy atom. The normalized spacial score (nSPS) is 10.3. The van der Waals surface area contributed by atoms with E-state index >= 15 is 0 Å². The van der Waals surface area contributed by atoms with Gasteiger partial charge in [0.05, 0.1) is 33.4 Å². The van der Waals surface area contributed by atoms with Crippen molar-refractivity contribution < 1.29 is 28.9 Å². The Kier molecular flexibility index (Phi) is 6.79. The molecular formula is C17H19N2O6S-. The minimum atomic E-state index is -1.20. The van der Waals surface area contributed by atoms with Crippen LogP contribution in [0.3, 0.4) is 0 Å². The number of amides is 1. The highest BCUT2D eigenvalue weighted by molar-refractivity contribution is 7.09. The van der Waals surface area contributed by atoms with Gasteiger partial charge < -0.3 is 29.4 Å². The van der Waals surface area contributed by atoms with Gasteiger partial charge in [-0.1, -0.05) is 0 Å². The first-order valence-corrected chi connectivity index (χ1v) is 8.53. The molecule has 0 fully saturated rings. The number of carboxylic acid groups (broad SMARTS) is 1. The summed E-state index contributed by atoms with van der Waals surface area (Å²) in [7, 11) is 4.56. The molecule has 0 atom stereocenters. The molecule has 0 aliphatic heterocycles. The van der Waals surface area contributed by atoms with Gasteiger partial charge in [0.25, 0.3) is 0 Å². The molecule has 9 heteroatoms. The molecule has 0 radical (unpaired) electrons. The van der Waals surface area contributed by atoms with E-state index in [1.165, 1.54) is 32.7 Å². The number of hydrogen-bond acceptors (Lipinski definition) is 8. The fourth-order valence-corrected chi connectivity index (χ4v) is 3.09. The number of methoxy groups -OCH3 is 3. The summed E-state index contributed by atoms with van der Waals surface area (Å²) in [6.45, 7) is 0.271. The van der Waals surface area contributed by atoms with Crippen LogP contribution in [0.5, 0.6) is 17.2 Å². The molecule has 0 unspecified atom stereocenters. The second-order valence-corrected chi connectivity index (χ2v) is 6.21. The molecule has 0 saturated carbocycles. The van der Waals surface area contributed by atoms with Crippen LogP contribution in [0, 0.1) is 0 Å². The van der Waals surface area contributed by atoms with Gasteiger partial charge >= 0.3 is 0 Å². The van der Waals surface area contributed by atoms with Crippen molar-refractivity contribution in [3.8, 4) is 17.2 Å². The lowest BCUT2D eigenvalue weighted by Gasteiger charge is -2.14. The SMILES string of the molecule is COc1cc(CNC(=O)Cc2nc(CC(=O)[O-])cs2)cc(OC)c1OC. The van der Waals surface area contributed by atoms with Crippen LogP contribution in [0.4, 0.5) is 0 Å². The van der Waals surface area contributed by atoms with Crippen molar-refractivity contribution in [2.24, 2.45) is 0 Å². The number of benzene rings is 1. The number of carbonyl (C=O) groups excluding carboxylic acids is 2. The van der Waals surface area contributed by atoms with Gasteiger partial charge in [0.1, 0.15) is 5.01 Å². The lowest BCUT2D eigenvalue weighted by atomic mass is 10.1. The third-order valence-electron chi connectivity index (χ3n) is 3.45. The third-order valence-corrected chi connectivity index (χ3v) is 4.35. The first-order valence-electron chi connectivity index (χ1n) is 7.65. The Bertz CT molecular complexity index is 764. The standard InChI is InChI=1S/C17H20N2O6S/c1-23-12-4-10(5-13(24-2)17(12)25-3)8-18-14(20)7-15-19-11(9-26-15)6-16(21)22/h4-5,9H,6-8H2,1-3H3,(H,18,20)(H,21,22)/p-1. The Morgan fingerprint density at radius 3 is 2.31 bits per heavy atom. The zero-order valence-corrected chi connectivity index (χ0v) is 15.5. The molecule has 0 spiro atoms. The zero-order valence-electron chi connectivity index (χ0n) is 14.7. The molecule has 1 N–H and O–H groups in total. The van der Waals surface area contributed by atoms with Crippen molar-refractivity contribution >= 4 is 23.2 Å². The number of thiazole rings is 1. The maximum atomic E-state index is 12.1. The van der Waals surface area contributed by atoms with E-state index in [4.69, 9.17) is 14.2 Å². The summed E-state index contributed by atoms with van der Waals surface area (Å²) in [5, 5.41) is 15.5. The van der Waals surface area contributed by atoms with Crippen LogP contribution >= 0.6 is 11.3 Å². The second kappa shape index (κ2) is 9.04. The smallest absolute Gasteiger partial charge is 0.227 e. The van der Waals surface area contributed by atoms with Gasteiger partial charge in [-0.2, -0.15) is 0 Å². The number of carboxylic acids is 1. The van der Waals surface area contributed by atoms with E-state index in [0.29, 0.717) is 28.0 Å². The minimum Gasteiger partial charge on any atom is -0.550 e. The number of carbonyl (C=O) groups is 2. The Hall–Kier alpha value is -2.81. The largest absolute Gasteiger partial charge is 0.550 e. The number of nitrogens with zero attached hydrogens (tertiary/aromatic N) is 1. The van der Waals surface area contributed by atoms with Crippen LogP contribution in [0.25, 0.3) is 0 Å². The molecule has 2 aromatic rings. The molecular weight excluding hydrogens is 360 g/mol. The first kappa shape index (κ1) is 19.5. The average Bonchev–Trinajstić information content (AvgIpc) is 3.04. The molecule has 8 nitrogen and oxygen atoms in total. The fourth-order valence-electron chi connectivity index (χ4n) is 2.30. The van der Waals surface area contributed by atoms with Crippen LogP contribution in [0.15, 0.2) is 17.5 Å². The highest BCUT2D eigenvalue weighted by Gasteiger charge is 2.14. The summed E-state index contributed by atoms with van der Waals surface area (Å²) in [5.41, 5.74) is 1.17. The molecule has 26 heavy (non-hydrogen) atoms. The highest BCUT2D eigenvalue weighted by atomic mass is 32.1. The van der Waals surface area contributed by atoms with Gasteiger partial charge in [-0.05, 0) is 17.7 Å². The van der Waals surface area contributed by atoms with Gasteiger partial charge in [0.15, 0.2) is 11.5 Å².